The van der Waals surface area contributed by atoms with Gasteiger partial charge in [-0.25, -0.2) is 9.18 Å². The Kier molecular flexibility index (Phi) is 6.47. The summed E-state index contributed by atoms with van der Waals surface area (Å²) in [7, 11) is 1.55. The van der Waals surface area contributed by atoms with Crippen LogP contribution in [0.4, 0.5) is 14.9 Å². The van der Waals surface area contributed by atoms with Gasteiger partial charge in [-0.3, -0.25) is 4.79 Å². The van der Waals surface area contributed by atoms with Crippen LogP contribution in [0.2, 0.25) is 0 Å². The smallest absolute Gasteiger partial charge is 0.321 e. The van der Waals surface area contributed by atoms with Gasteiger partial charge in [-0.1, -0.05) is 24.3 Å². The lowest BCUT2D eigenvalue weighted by atomic mass is 9.97. The van der Waals surface area contributed by atoms with Crippen LogP contribution in [0.15, 0.2) is 48.5 Å². The minimum atomic E-state index is -0.306. The SMILES string of the molecule is COc1ccccc1NC(=O)N1CCCC(C(=O)NCc2ccc(F)cc2)C1. The highest BCUT2D eigenvalue weighted by Crippen LogP contribution is 2.24. The highest BCUT2D eigenvalue weighted by Gasteiger charge is 2.28. The maximum absolute atomic E-state index is 13.0. The normalized spacial score (nSPS) is 16.4. The number of halogens is 1. The van der Waals surface area contributed by atoms with Gasteiger partial charge in [-0.05, 0) is 42.7 Å². The summed E-state index contributed by atoms with van der Waals surface area (Å²) >= 11 is 0. The van der Waals surface area contributed by atoms with E-state index in [4.69, 9.17) is 4.74 Å². The first-order valence-electron chi connectivity index (χ1n) is 9.28. The van der Waals surface area contributed by atoms with Crippen LogP contribution in [0.3, 0.4) is 0 Å². The summed E-state index contributed by atoms with van der Waals surface area (Å²) in [6.45, 7) is 1.29. The third-order valence-corrected chi connectivity index (χ3v) is 4.81. The maximum atomic E-state index is 13.0. The zero-order valence-corrected chi connectivity index (χ0v) is 15.8. The van der Waals surface area contributed by atoms with Gasteiger partial charge in [0.1, 0.15) is 11.6 Å². The fourth-order valence-electron chi connectivity index (χ4n) is 3.25. The molecule has 28 heavy (non-hydrogen) atoms. The number of urea groups is 1. The number of benzene rings is 2. The highest BCUT2D eigenvalue weighted by molar-refractivity contribution is 5.91. The number of methoxy groups -OCH3 is 1. The molecule has 1 atom stereocenters. The number of carbonyl (C=O) groups excluding carboxylic acids is 2. The number of hydrogen-bond acceptors (Lipinski definition) is 3. The Morgan fingerprint density at radius 2 is 1.93 bits per heavy atom. The molecule has 0 spiro atoms. The van der Waals surface area contributed by atoms with E-state index in [0.29, 0.717) is 31.1 Å². The van der Waals surface area contributed by atoms with Crippen molar-refractivity contribution in [3.63, 3.8) is 0 Å². The van der Waals surface area contributed by atoms with Crippen LogP contribution in [0.5, 0.6) is 5.75 Å². The van der Waals surface area contributed by atoms with E-state index in [2.05, 4.69) is 10.6 Å². The number of carbonyl (C=O) groups is 2. The standard InChI is InChI=1S/C21H24FN3O3/c1-28-19-7-3-2-6-18(19)24-21(27)25-12-4-5-16(14-25)20(26)23-13-15-8-10-17(22)11-9-15/h2-3,6-11,16H,4-5,12-14H2,1H3,(H,23,26)(H,24,27). The second-order valence-electron chi connectivity index (χ2n) is 6.76. The third-order valence-electron chi connectivity index (χ3n) is 4.81. The number of ether oxygens (including phenoxy) is 1. The van der Waals surface area contributed by atoms with Crippen LogP contribution in [-0.2, 0) is 11.3 Å². The number of piperidine rings is 1. The van der Waals surface area contributed by atoms with E-state index < -0.39 is 0 Å². The number of nitrogens with zero attached hydrogens (tertiary/aromatic N) is 1. The van der Waals surface area contributed by atoms with Gasteiger partial charge >= 0.3 is 6.03 Å². The van der Waals surface area contributed by atoms with Crippen LogP contribution in [0, 0.1) is 11.7 Å². The van der Waals surface area contributed by atoms with Crippen LogP contribution >= 0.6 is 0 Å². The molecule has 2 aromatic carbocycles. The fourth-order valence-corrected chi connectivity index (χ4v) is 3.25. The molecular formula is C21H24FN3O3. The Morgan fingerprint density at radius 3 is 2.68 bits per heavy atom. The molecule has 0 aromatic heterocycles. The molecule has 0 bridgehead atoms. The number of anilines is 1. The summed E-state index contributed by atoms with van der Waals surface area (Å²) in [5.41, 5.74) is 1.43. The van der Waals surface area contributed by atoms with Crippen molar-refractivity contribution < 1.29 is 18.7 Å². The molecule has 6 nitrogen and oxygen atoms in total. The van der Waals surface area contributed by atoms with Crippen molar-refractivity contribution in [3.05, 3.63) is 59.9 Å². The van der Waals surface area contributed by atoms with Gasteiger partial charge in [-0.15, -0.1) is 0 Å². The monoisotopic (exact) mass is 385 g/mol. The molecule has 2 N–H and O–H groups in total. The Bertz CT molecular complexity index is 826. The molecule has 3 amide bonds. The number of amides is 3. The van der Waals surface area contributed by atoms with Crippen molar-refractivity contribution in [2.75, 3.05) is 25.5 Å². The highest BCUT2D eigenvalue weighted by atomic mass is 19.1. The van der Waals surface area contributed by atoms with E-state index in [1.165, 1.54) is 12.1 Å². The average molecular weight is 385 g/mol. The first-order chi connectivity index (χ1) is 13.6. The molecule has 1 saturated heterocycles. The first kappa shape index (κ1) is 19.7. The molecule has 1 aliphatic rings. The van der Waals surface area contributed by atoms with Crippen LogP contribution < -0.4 is 15.4 Å². The molecule has 1 fully saturated rings. The van der Waals surface area contributed by atoms with Gasteiger partial charge in [0.2, 0.25) is 5.91 Å². The largest absolute Gasteiger partial charge is 0.495 e. The quantitative estimate of drug-likeness (QED) is 0.829. The zero-order valence-electron chi connectivity index (χ0n) is 15.8. The van der Waals surface area contributed by atoms with Gasteiger partial charge in [0, 0.05) is 19.6 Å². The molecule has 148 valence electrons. The maximum Gasteiger partial charge on any atom is 0.321 e. The van der Waals surface area contributed by atoms with Crippen molar-refractivity contribution in [1.82, 2.24) is 10.2 Å². The van der Waals surface area contributed by atoms with Crippen LogP contribution in [0.25, 0.3) is 0 Å². The Morgan fingerprint density at radius 1 is 1.18 bits per heavy atom. The molecule has 2 aromatic rings. The molecule has 0 saturated carbocycles. The number of nitrogens with one attached hydrogen (secondary N) is 2. The van der Waals surface area contributed by atoms with E-state index in [0.717, 1.165) is 18.4 Å². The number of rotatable bonds is 5. The van der Waals surface area contributed by atoms with E-state index in [1.807, 2.05) is 12.1 Å². The fraction of sp³-hybridized carbons (Fsp3) is 0.333. The topological polar surface area (TPSA) is 70.7 Å². The van der Waals surface area contributed by atoms with Gasteiger partial charge in [-0.2, -0.15) is 0 Å². The minimum Gasteiger partial charge on any atom is -0.495 e. The predicted molar refractivity (Wildman–Crippen MR) is 105 cm³/mol. The minimum absolute atomic E-state index is 0.0980. The summed E-state index contributed by atoms with van der Waals surface area (Å²) in [4.78, 5) is 26.8. The van der Waals surface area contributed by atoms with Crippen molar-refractivity contribution in [2.45, 2.75) is 19.4 Å². The molecule has 0 radical (unpaired) electrons. The molecule has 3 rings (SSSR count). The summed E-state index contributed by atoms with van der Waals surface area (Å²) in [6.07, 6.45) is 1.49. The van der Waals surface area contributed by atoms with Crippen LogP contribution in [-0.4, -0.2) is 37.0 Å². The molecule has 7 heteroatoms. The van der Waals surface area contributed by atoms with Gasteiger partial charge in [0.15, 0.2) is 0 Å². The number of para-hydroxylation sites is 2. The Balaban J connectivity index is 1.54. The lowest BCUT2D eigenvalue weighted by Gasteiger charge is -2.32. The third kappa shape index (κ3) is 5.00. The summed E-state index contributed by atoms with van der Waals surface area (Å²) < 4.78 is 18.2. The summed E-state index contributed by atoms with van der Waals surface area (Å²) in [5.74, 6) is -0.0859. The van der Waals surface area contributed by atoms with E-state index in [-0.39, 0.29) is 23.7 Å². The van der Waals surface area contributed by atoms with E-state index in [9.17, 15) is 14.0 Å². The number of likely N-dealkylation sites (tertiary alicyclic amines) is 1. The summed E-state index contributed by atoms with van der Waals surface area (Å²) in [5, 5.41) is 5.72. The zero-order chi connectivity index (χ0) is 19.9. The van der Waals surface area contributed by atoms with Crippen molar-refractivity contribution in [3.8, 4) is 5.75 Å². The van der Waals surface area contributed by atoms with Crippen LogP contribution in [0.1, 0.15) is 18.4 Å². The second kappa shape index (κ2) is 9.21. The molecule has 1 unspecified atom stereocenters. The van der Waals surface area contributed by atoms with Crippen molar-refractivity contribution in [1.29, 1.82) is 0 Å². The van der Waals surface area contributed by atoms with Gasteiger partial charge < -0.3 is 20.3 Å². The Hall–Kier alpha value is -3.09. The average Bonchev–Trinajstić information content (AvgIpc) is 2.73. The second-order valence-corrected chi connectivity index (χ2v) is 6.76. The van der Waals surface area contributed by atoms with Gasteiger partial charge in [0.25, 0.3) is 0 Å². The van der Waals surface area contributed by atoms with E-state index >= 15 is 0 Å². The molecule has 1 aliphatic heterocycles. The first-order valence-corrected chi connectivity index (χ1v) is 9.28. The van der Waals surface area contributed by atoms with E-state index in [1.54, 1.807) is 36.3 Å². The number of hydrogen-bond donors (Lipinski definition) is 2. The van der Waals surface area contributed by atoms with Crippen molar-refractivity contribution >= 4 is 17.6 Å². The van der Waals surface area contributed by atoms with Crippen molar-refractivity contribution in [2.24, 2.45) is 5.92 Å². The molecule has 0 aliphatic carbocycles. The van der Waals surface area contributed by atoms with Gasteiger partial charge in [0.05, 0.1) is 18.7 Å². The lowest BCUT2D eigenvalue weighted by Crippen LogP contribution is -2.46. The predicted octanol–water partition coefficient (Wildman–Crippen LogP) is 3.39. The molecular weight excluding hydrogens is 361 g/mol. The Labute approximate surface area is 163 Å². The molecule has 1 heterocycles. The lowest BCUT2D eigenvalue weighted by molar-refractivity contribution is -0.126. The summed E-state index contributed by atoms with van der Waals surface area (Å²) in [6, 6.07) is 13.0.